The van der Waals surface area contributed by atoms with E-state index < -0.39 is 0 Å². The lowest BCUT2D eigenvalue weighted by molar-refractivity contribution is 0.406. The van der Waals surface area contributed by atoms with Crippen LogP contribution in [0.15, 0.2) is 0 Å². The molecule has 0 aliphatic rings. The summed E-state index contributed by atoms with van der Waals surface area (Å²) in [5.74, 6) is 1.64. The van der Waals surface area contributed by atoms with Crippen molar-refractivity contribution >= 4 is 0 Å². The molecule has 181 valence electrons. The normalized spacial score (nSPS) is 13.6. The number of hydrogen-bond donors (Lipinski definition) is 0. The van der Waals surface area contributed by atoms with Crippen molar-refractivity contribution in [1.82, 2.24) is 0 Å². The van der Waals surface area contributed by atoms with Gasteiger partial charge in [-0.25, -0.2) is 0 Å². The minimum atomic E-state index is 0.707. The standard InChI is InChI=1S/C30H61/c1-5-7-9-11-13-14-15-16-17-19-21-23-26-30(4)28-24-27-29(3)25-22-20-18-12-10-8-6-2/h29-30H,4-28H2,1-3H3. The largest absolute Gasteiger partial charge is 0.0654 e. The third kappa shape index (κ3) is 24.3. The maximum absolute atomic E-state index is 4.43. The van der Waals surface area contributed by atoms with E-state index in [0.29, 0.717) is 5.92 Å². The molecule has 0 N–H and O–H groups in total. The Morgan fingerprint density at radius 3 is 1.13 bits per heavy atom. The number of unbranched alkanes of at least 4 members (excludes halogenated alkanes) is 17. The van der Waals surface area contributed by atoms with Gasteiger partial charge in [0.1, 0.15) is 0 Å². The first-order valence-corrected chi connectivity index (χ1v) is 14.5. The molecule has 0 amide bonds. The van der Waals surface area contributed by atoms with Gasteiger partial charge in [0.15, 0.2) is 0 Å². The predicted octanol–water partition coefficient (Wildman–Crippen LogP) is 11.5. The van der Waals surface area contributed by atoms with Crippen molar-refractivity contribution < 1.29 is 0 Å². The number of hydrogen-bond acceptors (Lipinski definition) is 0. The summed E-state index contributed by atoms with van der Waals surface area (Å²) in [6.45, 7) is 11.5. The highest BCUT2D eigenvalue weighted by atomic mass is 14.1. The molecule has 2 atom stereocenters. The third-order valence-corrected chi connectivity index (χ3v) is 7.08. The van der Waals surface area contributed by atoms with Gasteiger partial charge in [0.25, 0.3) is 0 Å². The molecule has 0 aliphatic carbocycles. The minimum Gasteiger partial charge on any atom is -0.0654 e. The van der Waals surface area contributed by atoms with E-state index in [2.05, 4.69) is 27.7 Å². The summed E-state index contributed by atoms with van der Waals surface area (Å²) in [6, 6.07) is 0. The fraction of sp³-hybridized carbons (Fsp3) is 0.967. The highest BCUT2D eigenvalue weighted by Gasteiger charge is 2.06. The van der Waals surface area contributed by atoms with Gasteiger partial charge in [-0.05, 0) is 11.8 Å². The zero-order valence-corrected chi connectivity index (χ0v) is 21.8. The quantitative estimate of drug-likeness (QED) is 0.128. The van der Waals surface area contributed by atoms with Gasteiger partial charge in [0, 0.05) is 0 Å². The Morgan fingerprint density at radius 2 is 0.700 bits per heavy atom. The fourth-order valence-corrected chi connectivity index (χ4v) is 4.77. The van der Waals surface area contributed by atoms with Crippen LogP contribution in [0.2, 0.25) is 0 Å². The fourth-order valence-electron chi connectivity index (χ4n) is 4.77. The highest BCUT2D eigenvalue weighted by molar-refractivity contribution is 4.64. The first-order chi connectivity index (χ1) is 14.7. The average molecular weight is 422 g/mol. The summed E-state index contributed by atoms with van der Waals surface area (Å²) < 4.78 is 0. The van der Waals surface area contributed by atoms with Crippen molar-refractivity contribution in [3.05, 3.63) is 6.92 Å². The molecule has 0 nitrogen and oxygen atoms in total. The van der Waals surface area contributed by atoms with E-state index in [-0.39, 0.29) is 0 Å². The monoisotopic (exact) mass is 421 g/mol. The first kappa shape index (κ1) is 30.0. The lowest BCUT2D eigenvalue weighted by atomic mass is 9.92. The maximum atomic E-state index is 4.43. The predicted molar refractivity (Wildman–Crippen MR) is 140 cm³/mol. The second kappa shape index (κ2) is 25.3. The second-order valence-corrected chi connectivity index (χ2v) is 10.5. The van der Waals surface area contributed by atoms with Crippen molar-refractivity contribution in [3.8, 4) is 0 Å². The zero-order valence-electron chi connectivity index (χ0n) is 21.8. The van der Waals surface area contributed by atoms with Crippen LogP contribution in [0.1, 0.15) is 175 Å². The smallest absolute Gasteiger partial charge is 0.0414 e. The molecule has 0 fully saturated rings. The molecule has 0 aliphatic heterocycles. The molecule has 1 radical (unpaired) electrons. The van der Waals surface area contributed by atoms with Crippen molar-refractivity contribution in [2.75, 3.05) is 0 Å². The Labute approximate surface area is 193 Å². The summed E-state index contributed by atoms with van der Waals surface area (Å²) in [5, 5.41) is 0. The summed E-state index contributed by atoms with van der Waals surface area (Å²) in [5.41, 5.74) is 0. The molecule has 0 aromatic rings. The van der Waals surface area contributed by atoms with E-state index in [4.69, 9.17) is 0 Å². The molecular weight excluding hydrogens is 360 g/mol. The van der Waals surface area contributed by atoms with Crippen LogP contribution in [0.25, 0.3) is 0 Å². The summed E-state index contributed by atoms with van der Waals surface area (Å²) in [6.07, 6.45) is 34.5. The summed E-state index contributed by atoms with van der Waals surface area (Å²) in [4.78, 5) is 0. The SMILES string of the molecule is [CH2]C(CCCCCCCCCCCCCC)CCCC(C)CCCCCCCCC. The second-order valence-electron chi connectivity index (χ2n) is 10.5. The van der Waals surface area contributed by atoms with Gasteiger partial charge in [0.05, 0.1) is 0 Å². The van der Waals surface area contributed by atoms with Crippen LogP contribution in [0, 0.1) is 18.8 Å². The Balaban J connectivity index is 3.26. The molecule has 0 aromatic carbocycles. The minimum absolute atomic E-state index is 0.707. The van der Waals surface area contributed by atoms with Crippen molar-refractivity contribution in [3.63, 3.8) is 0 Å². The van der Waals surface area contributed by atoms with Crippen LogP contribution in [0.5, 0.6) is 0 Å². The van der Waals surface area contributed by atoms with Gasteiger partial charge in [-0.15, -0.1) is 0 Å². The molecule has 0 rings (SSSR count). The van der Waals surface area contributed by atoms with Gasteiger partial charge in [-0.1, -0.05) is 182 Å². The lowest BCUT2D eigenvalue weighted by Gasteiger charge is -2.14. The van der Waals surface area contributed by atoms with Gasteiger partial charge in [-0.2, -0.15) is 0 Å². The van der Waals surface area contributed by atoms with Crippen LogP contribution in [-0.4, -0.2) is 0 Å². The molecule has 0 spiro atoms. The van der Waals surface area contributed by atoms with Gasteiger partial charge >= 0.3 is 0 Å². The van der Waals surface area contributed by atoms with Crippen LogP contribution in [-0.2, 0) is 0 Å². The van der Waals surface area contributed by atoms with E-state index >= 15 is 0 Å². The van der Waals surface area contributed by atoms with Crippen molar-refractivity contribution in [2.24, 2.45) is 11.8 Å². The van der Waals surface area contributed by atoms with E-state index in [1.54, 1.807) is 0 Å². The van der Waals surface area contributed by atoms with Crippen LogP contribution in [0.4, 0.5) is 0 Å². The van der Waals surface area contributed by atoms with Gasteiger partial charge in [0.2, 0.25) is 0 Å². The Hall–Kier alpha value is 0. The molecule has 0 heterocycles. The highest BCUT2D eigenvalue weighted by Crippen LogP contribution is 2.21. The van der Waals surface area contributed by atoms with Gasteiger partial charge < -0.3 is 0 Å². The molecule has 0 aromatic heterocycles. The maximum Gasteiger partial charge on any atom is -0.0414 e. The average Bonchev–Trinajstić information content (AvgIpc) is 2.74. The van der Waals surface area contributed by atoms with E-state index in [1.165, 1.54) is 154 Å². The van der Waals surface area contributed by atoms with Crippen LogP contribution in [0.3, 0.4) is 0 Å². The summed E-state index contributed by atoms with van der Waals surface area (Å²) >= 11 is 0. The molecule has 0 bridgehead atoms. The Kier molecular flexibility index (Phi) is 25.3. The van der Waals surface area contributed by atoms with E-state index in [9.17, 15) is 0 Å². The first-order valence-electron chi connectivity index (χ1n) is 14.5. The molecule has 0 saturated heterocycles. The molecule has 30 heavy (non-hydrogen) atoms. The summed E-state index contributed by atoms with van der Waals surface area (Å²) in [7, 11) is 0. The third-order valence-electron chi connectivity index (χ3n) is 7.08. The Bertz CT molecular complexity index is 294. The van der Waals surface area contributed by atoms with Crippen LogP contribution >= 0.6 is 0 Å². The van der Waals surface area contributed by atoms with E-state index in [0.717, 1.165) is 5.92 Å². The molecule has 0 saturated carbocycles. The molecule has 2 unspecified atom stereocenters. The topological polar surface area (TPSA) is 0 Å². The molecule has 0 heteroatoms. The van der Waals surface area contributed by atoms with E-state index in [1.807, 2.05) is 0 Å². The number of rotatable bonds is 25. The van der Waals surface area contributed by atoms with Crippen LogP contribution < -0.4 is 0 Å². The van der Waals surface area contributed by atoms with Crippen molar-refractivity contribution in [2.45, 2.75) is 175 Å². The lowest BCUT2D eigenvalue weighted by Crippen LogP contribution is -1.99. The molecular formula is C30H61. The van der Waals surface area contributed by atoms with Gasteiger partial charge in [-0.3, -0.25) is 0 Å². The zero-order chi connectivity index (χ0) is 22.1. The van der Waals surface area contributed by atoms with Crippen molar-refractivity contribution in [1.29, 1.82) is 0 Å². The Morgan fingerprint density at radius 1 is 0.400 bits per heavy atom.